The minimum absolute atomic E-state index is 0.267. The smallest absolute Gasteiger partial charge is 0.240 e. The number of aryl methyl sites for hydroxylation is 1. The van der Waals surface area contributed by atoms with Gasteiger partial charge in [-0.1, -0.05) is 12.1 Å². The topological polar surface area (TPSA) is 76.9 Å². The Hall–Kier alpha value is -2.51. The molecule has 2 aromatic heterocycles. The summed E-state index contributed by atoms with van der Waals surface area (Å²) in [7, 11) is -3.49. The van der Waals surface area contributed by atoms with Gasteiger partial charge in [-0.3, -0.25) is 4.98 Å². The van der Waals surface area contributed by atoms with E-state index in [1.807, 2.05) is 22.9 Å². The predicted octanol–water partition coefficient (Wildman–Crippen LogP) is 2.31. The molecule has 0 saturated carbocycles. The summed E-state index contributed by atoms with van der Waals surface area (Å²) in [4.78, 5) is 8.19. The Morgan fingerprint density at radius 1 is 0.917 bits per heavy atom. The van der Waals surface area contributed by atoms with E-state index in [-0.39, 0.29) is 4.90 Å². The molecule has 0 bridgehead atoms. The lowest BCUT2D eigenvalue weighted by Gasteiger charge is -2.08. The summed E-state index contributed by atoms with van der Waals surface area (Å²) in [5.74, 6) is 0. The summed E-state index contributed by atoms with van der Waals surface area (Å²) in [6.07, 6.45) is 9.39. The van der Waals surface area contributed by atoms with Crippen LogP contribution in [-0.4, -0.2) is 29.5 Å². The van der Waals surface area contributed by atoms with Gasteiger partial charge in [0.15, 0.2) is 0 Å². The third kappa shape index (κ3) is 4.06. The van der Waals surface area contributed by atoms with Crippen LogP contribution in [0.3, 0.4) is 0 Å². The van der Waals surface area contributed by atoms with Crippen molar-refractivity contribution in [1.29, 1.82) is 0 Å². The average Bonchev–Trinajstić information content (AvgIpc) is 3.13. The van der Waals surface area contributed by atoms with Gasteiger partial charge in [-0.2, -0.15) is 0 Å². The highest BCUT2D eigenvalue weighted by Gasteiger charge is 2.13. The zero-order chi connectivity index (χ0) is 16.8. The fourth-order valence-electron chi connectivity index (χ4n) is 2.34. The van der Waals surface area contributed by atoms with E-state index < -0.39 is 10.0 Å². The lowest BCUT2D eigenvalue weighted by atomic mass is 10.1. The maximum atomic E-state index is 12.3. The average molecular weight is 342 g/mol. The first kappa shape index (κ1) is 16.4. The van der Waals surface area contributed by atoms with Crippen LogP contribution in [0.2, 0.25) is 0 Å². The highest BCUT2D eigenvalue weighted by atomic mass is 32.2. The summed E-state index contributed by atoms with van der Waals surface area (Å²) in [5, 5.41) is 0. The number of hydrogen-bond donors (Lipinski definition) is 1. The largest absolute Gasteiger partial charge is 0.337 e. The predicted molar refractivity (Wildman–Crippen MR) is 91.7 cm³/mol. The summed E-state index contributed by atoms with van der Waals surface area (Å²) >= 11 is 0. The van der Waals surface area contributed by atoms with Crippen molar-refractivity contribution in [3.05, 3.63) is 67.5 Å². The molecule has 6 nitrogen and oxygen atoms in total. The Balaban J connectivity index is 1.60. The van der Waals surface area contributed by atoms with E-state index in [1.165, 1.54) is 0 Å². The second-order valence-electron chi connectivity index (χ2n) is 5.31. The van der Waals surface area contributed by atoms with Crippen LogP contribution in [0.15, 0.2) is 72.4 Å². The van der Waals surface area contributed by atoms with Gasteiger partial charge < -0.3 is 4.57 Å². The molecule has 124 valence electrons. The van der Waals surface area contributed by atoms with Gasteiger partial charge in [-0.15, -0.1) is 0 Å². The number of pyridine rings is 1. The fourth-order valence-corrected chi connectivity index (χ4v) is 3.42. The van der Waals surface area contributed by atoms with Gasteiger partial charge in [0.1, 0.15) is 0 Å². The molecule has 0 aliphatic rings. The molecular weight excluding hydrogens is 324 g/mol. The third-order valence-corrected chi connectivity index (χ3v) is 5.10. The van der Waals surface area contributed by atoms with E-state index in [0.717, 1.165) is 17.7 Å². The number of sulfonamides is 1. The molecule has 0 spiro atoms. The van der Waals surface area contributed by atoms with Crippen LogP contribution in [0.1, 0.15) is 6.42 Å². The van der Waals surface area contributed by atoms with Gasteiger partial charge in [0, 0.05) is 37.9 Å². The lowest BCUT2D eigenvalue weighted by molar-refractivity contribution is 0.570. The molecule has 0 amide bonds. The zero-order valence-corrected chi connectivity index (χ0v) is 13.9. The Bertz CT molecular complexity index is 861. The van der Waals surface area contributed by atoms with Crippen molar-refractivity contribution < 1.29 is 8.42 Å². The highest BCUT2D eigenvalue weighted by Crippen LogP contribution is 2.20. The van der Waals surface area contributed by atoms with Crippen molar-refractivity contribution in [2.24, 2.45) is 0 Å². The lowest BCUT2D eigenvalue weighted by Crippen LogP contribution is -2.25. The molecule has 24 heavy (non-hydrogen) atoms. The molecule has 2 heterocycles. The minimum Gasteiger partial charge on any atom is -0.337 e. The molecule has 7 heteroatoms. The van der Waals surface area contributed by atoms with Gasteiger partial charge in [0.25, 0.3) is 0 Å². The Kier molecular flexibility index (Phi) is 5.02. The van der Waals surface area contributed by atoms with Gasteiger partial charge in [-0.05, 0) is 41.8 Å². The normalized spacial score (nSPS) is 11.5. The summed E-state index contributed by atoms with van der Waals surface area (Å²) < 4.78 is 29.1. The zero-order valence-electron chi connectivity index (χ0n) is 13.0. The van der Waals surface area contributed by atoms with Crippen molar-refractivity contribution in [2.75, 3.05) is 6.54 Å². The Morgan fingerprint density at radius 3 is 2.29 bits per heavy atom. The first-order valence-corrected chi connectivity index (χ1v) is 9.09. The van der Waals surface area contributed by atoms with Crippen LogP contribution in [0.4, 0.5) is 0 Å². The maximum absolute atomic E-state index is 12.3. The van der Waals surface area contributed by atoms with Crippen LogP contribution in [0.25, 0.3) is 11.1 Å². The molecule has 0 aliphatic heterocycles. The second-order valence-corrected chi connectivity index (χ2v) is 7.08. The fraction of sp³-hybridized carbons (Fsp3) is 0.176. The number of hydrogen-bond acceptors (Lipinski definition) is 4. The molecule has 1 N–H and O–H groups in total. The SMILES string of the molecule is O=S(=O)(NCCCn1ccnc1)c1ccc(-c2ccncc2)cc1. The van der Waals surface area contributed by atoms with Crippen molar-refractivity contribution in [1.82, 2.24) is 19.3 Å². The number of nitrogens with zero attached hydrogens (tertiary/aromatic N) is 3. The Labute approximate surface area is 141 Å². The molecule has 3 aromatic rings. The first-order chi connectivity index (χ1) is 11.6. The molecule has 0 unspecified atom stereocenters. The quantitative estimate of drug-likeness (QED) is 0.669. The standard InChI is InChI=1S/C17H18N4O2S/c22-24(23,20-8-1-12-21-13-11-19-14-21)17-4-2-15(3-5-17)16-6-9-18-10-7-16/h2-7,9-11,13-14,20H,1,8,12H2. The van der Waals surface area contributed by atoms with Gasteiger partial charge in [-0.25, -0.2) is 18.1 Å². The maximum Gasteiger partial charge on any atom is 0.240 e. The molecule has 0 saturated heterocycles. The van der Waals surface area contributed by atoms with Crippen LogP contribution >= 0.6 is 0 Å². The number of imidazole rings is 1. The summed E-state index contributed by atoms with van der Waals surface area (Å²) in [6, 6.07) is 10.6. The van der Waals surface area contributed by atoms with Crippen LogP contribution < -0.4 is 4.72 Å². The molecular formula is C17H18N4O2S. The number of aromatic nitrogens is 3. The van der Waals surface area contributed by atoms with Crippen molar-refractivity contribution in [3.63, 3.8) is 0 Å². The van der Waals surface area contributed by atoms with Gasteiger partial charge in [0.2, 0.25) is 10.0 Å². The summed E-state index contributed by atoms with van der Waals surface area (Å²) in [5.41, 5.74) is 1.96. The van der Waals surface area contributed by atoms with Crippen molar-refractivity contribution >= 4 is 10.0 Å². The van der Waals surface area contributed by atoms with E-state index in [0.29, 0.717) is 13.0 Å². The first-order valence-electron chi connectivity index (χ1n) is 7.61. The number of nitrogens with one attached hydrogen (secondary N) is 1. The van der Waals surface area contributed by atoms with Crippen molar-refractivity contribution in [2.45, 2.75) is 17.9 Å². The van der Waals surface area contributed by atoms with E-state index in [4.69, 9.17) is 0 Å². The third-order valence-electron chi connectivity index (χ3n) is 3.62. The highest BCUT2D eigenvalue weighted by molar-refractivity contribution is 7.89. The van der Waals surface area contributed by atoms with E-state index in [9.17, 15) is 8.42 Å². The second kappa shape index (κ2) is 7.37. The Morgan fingerprint density at radius 2 is 1.62 bits per heavy atom. The minimum atomic E-state index is -3.49. The number of rotatable bonds is 7. The van der Waals surface area contributed by atoms with Gasteiger partial charge >= 0.3 is 0 Å². The van der Waals surface area contributed by atoms with E-state index in [1.54, 1.807) is 49.2 Å². The molecule has 0 aliphatic carbocycles. The molecule has 0 atom stereocenters. The summed E-state index contributed by atoms with van der Waals surface area (Å²) in [6.45, 7) is 1.11. The molecule has 0 fully saturated rings. The molecule has 3 rings (SSSR count). The van der Waals surface area contributed by atoms with Crippen LogP contribution in [0.5, 0.6) is 0 Å². The van der Waals surface area contributed by atoms with Gasteiger partial charge in [0.05, 0.1) is 11.2 Å². The monoisotopic (exact) mass is 342 g/mol. The van der Waals surface area contributed by atoms with Crippen LogP contribution in [0, 0.1) is 0 Å². The molecule has 1 aromatic carbocycles. The van der Waals surface area contributed by atoms with Crippen molar-refractivity contribution in [3.8, 4) is 11.1 Å². The molecule has 0 radical (unpaired) electrons. The van der Waals surface area contributed by atoms with E-state index in [2.05, 4.69) is 14.7 Å². The van der Waals surface area contributed by atoms with E-state index >= 15 is 0 Å². The van der Waals surface area contributed by atoms with Crippen LogP contribution in [-0.2, 0) is 16.6 Å². The number of benzene rings is 1.